The van der Waals surface area contributed by atoms with Crippen LogP contribution in [0.4, 0.5) is 0 Å². The van der Waals surface area contributed by atoms with E-state index in [0.717, 1.165) is 26.2 Å². The van der Waals surface area contributed by atoms with Crippen molar-refractivity contribution in [2.45, 2.75) is 51.4 Å². The van der Waals surface area contributed by atoms with Crippen molar-refractivity contribution in [1.82, 2.24) is 10.6 Å². The van der Waals surface area contributed by atoms with Crippen molar-refractivity contribution in [3.8, 4) is 0 Å². The van der Waals surface area contributed by atoms with Gasteiger partial charge in [-0.3, -0.25) is 0 Å². The number of nitrogens with one attached hydrogen (secondary N) is 2. The van der Waals surface area contributed by atoms with Crippen LogP contribution in [-0.2, 0) is 0 Å². The highest BCUT2D eigenvalue weighted by Crippen LogP contribution is 2.31. The molecule has 0 spiro atoms. The van der Waals surface area contributed by atoms with Crippen LogP contribution in [0, 0.1) is 23.7 Å². The second-order valence-electron chi connectivity index (χ2n) is 7.38. The van der Waals surface area contributed by atoms with Crippen molar-refractivity contribution < 1.29 is 10.2 Å². The summed E-state index contributed by atoms with van der Waals surface area (Å²) in [7, 11) is 0. The van der Waals surface area contributed by atoms with Crippen molar-refractivity contribution in [2.75, 3.05) is 39.4 Å². The lowest BCUT2D eigenvalue weighted by atomic mass is 9.97. The lowest BCUT2D eigenvalue weighted by Gasteiger charge is -2.18. The molecule has 2 aliphatic carbocycles. The van der Waals surface area contributed by atoms with E-state index >= 15 is 0 Å². The molecular formula is C18H36N2O2. The minimum absolute atomic E-state index is 0.367. The standard InChI is InChI=1S/C18H36N2O2/c21-13-17-7-3-5-15(17)11-19-9-1-2-10-20-12-16-6-4-8-18(16)14-22/h15-22H,1-14H2. The molecule has 4 N–H and O–H groups in total. The fourth-order valence-corrected chi connectivity index (χ4v) is 4.32. The van der Waals surface area contributed by atoms with Gasteiger partial charge in [-0.1, -0.05) is 12.8 Å². The van der Waals surface area contributed by atoms with Gasteiger partial charge in [0.25, 0.3) is 0 Å². The van der Waals surface area contributed by atoms with Gasteiger partial charge in [-0.2, -0.15) is 0 Å². The third-order valence-electron chi connectivity index (χ3n) is 5.87. The van der Waals surface area contributed by atoms with Gasteiger partial charge < -0.3 is 20.8 Å². The summed E-state index contributed by atoms with van der Waals surface area (Å²) in [6.45, 7) is 5.09. The summed E-state index contributed by atoms with van der Waals surface area (Å²) in [6.07, 6.45) is 10.0. The molecule has 2 aliphatic rings. The molecule has 2 fully saturated rings. The fourth-order valence-electron chi connectivity index (χ4n) is 4.32. The van der Waals surface area contributed by atoms with Crippen LogP contribution in [0.5, 0.6) is 0 Å². The highest BCUT2D eigenvalue weighted by molar-refractivity contribution is 4.79. The Bertz CT molecular complexity index is 260. The first-order valence-corrected chi connectivity index (χ1v) is 9.48. The van der Waals surface area contributed by atoms with Gasteiger partial charge in [0.15, 0.2) is 0 Å². The maximum Gasteiger partial charge on any atom is 0.0462 e. The van der Waals surface area contributed by atoms with Gasteiger partial charge >= 0.3 is 0 Å². The van der Waals surface area contributed by atoms with E-state index in [1.807, 2.05) is 0 Å². The molecule has 0 amide bonds. The largest absolute Gasteiger partial charge is 0.396 e. The zero-order valence-corrected chi connectivity index (χ0v) is 14.1. The molecule has 130 valence electrons. The van der Waals surface area contributed by atoms with Crippen molar-refractivity contribution in [3.05, 3.63) is 0 Å². The molecule has 4 unspecified atom stereocenters. The van der Waals surface area contributed by atoms with E-state index in [9.17, 15) is 10.2 Å². The molecular weight excluding hydrogens is 276 g/mol. The predicted octanol–water partition coefficient (Wildman–Crippen LogP) is 1.76. The summed E-state index contributed by atoms with van der Waals surface area (Å²) in [5.74, 6) is 2.47. The van der Waals surface area contributed by atoms with Crippen LogP contribution in [0.15, 0.2) is 0 Å². The second-order valence-corrected chi connectivity index (χ2v) is 7.38. The van der Waals surface area contributed by atoms with Gasteiger partial charge in [-0.25, -0.2) is 0 Å². The first-order chi connectivity index (χ1) is 10.8. The Balaban J connectivity index is 1.40. The number of aliphatic hydroxyl groups excluding tert-OH is 2. The number of hydrogen-bond acceptors (Lipinski definition) is 4. The molecule has 2 saturated carbocycles. The summed E-state index contributed by atoms with van der Waals surface area (Å²) in [5.41, 5.74) is 0. The molecule has 4 nitrogen and oxygen atoms in total. The van der Waals surface area contributed by atoms with Crippen molar-refractivity contribution in [2.24, 2.45) is 23.7 Å². The van der Waals surface area contributed by atoms with Crippen LogP contribution in [0.25, 0.3) is 0 Å². The quantitative estimate of drug-likeness (QED) is 0.439. The second kappa shape index (κ2) is 10.6. The average Bonchev–Trinajstić information content (AvgIpc) is 3.18. The molecule has 0 bridgehead atoms. The van der Waals surface area contributed by atoms with E-state index < -0.39 is 0 Å². The maximum absolute atomic E-state index is 9.31. The number of hydrogen-bond donors (Lipinski definition) is 4. The molecule has 0 radical (unpaired) electrons. The van der Waals surface area contributed by atoms with E-state index in [1.165, 1.54) is 51.4 Å². The Morgan fingerprint density at radius 1 is 0.636 bits per heavy atom. The van der Waals surface area contributed by atoms with E-state index in [4.69, 9.17) is 0 Å². The molecule has 0 aromatic heterocycles. The number of rotatable bonds is 11. The van der Waals surface area contributed by atoms with Gasteiger partial charge in [0, 0.05) is 13.2 Å². The summed E-state index contributed by atoms with van der Waals surface area (Å²) >= 11 is 0. The SMILES string of the molecule is OCC1CCCC1CNCCCCNCC1CCCC1CO. The fraction of sp³-hybridized carbons (Fsp3) is 1.00. The minimum atomic E-state index is 0.367. The molecule has 22 heavy (non-hydrogen) atoms. The van der Waals surface area contributed by atoms with Crippen molar-refractivity contribution in [1.29, 1.82) is 0 Å². The van der Waals surface area contributed by atoms with Crippen molar-refractivity contribution >= 4 is 0 Å². The summed E-state index contributed by atoms with van der Waals surface area (Å²) in [5, 5.41) is 25.8. The Morgan fingerprint density at radius 3 is 1.45 bits per heavy atom. The van der Waals surface area contributed by atoms with Crippen LogP contribution in [0.3, 0.4) is 0 Å². The zero-order valence-electron chi connectivity index (χ0n) is 14.1. The van der Waals surface area contributed by atoms with Gasteiger partial charge in [0.1, 0.15) is 0 Å². The van der Waals surface area contributed by atoms with E-state index in [1.54, 1.807) is 0 Å². The highest BCUT2D eigenvalue weighted by Gasteiger charge is 2.26. The first kappa shape index (κ1) is 18.2. The molecule has 4 heteroatoms. The average molecular weight is 312 g/mol. The van der Waals surface area contributed by atoms with Crippen LogP contribution in [0.2, 0.25) is 0 Å². The van der Waals surface area contributed by atoms with Crippen LogP contribution in [0.1, 0.15) is 51.4 Å². The molecule has 4 atom stereocenters. The van der Waals surface area contributed by atoms with E-state index in [0.29, 0.717) is 36.9 Å². The lowest BCUT2D eigenvalue weighted by Crippen LogP contribution is -2.29. The van der Waals surface area contributed by atoms with Gasteiger partial charge in [-0.05, 0) is 88.4 Å². The molecule has 0 saturated heterocycles. The van der Waals surface area contributed by atoms with Gasteiger partial charge in [-0.15, -0.1) is 0 Å². The topological polar surface area (TPSA) is 64.5 Å². The molecule has 0 aromatic rings. The summed E-state index contributed by atoms with van der Waals surface area (Å²) < 4.78 is 0. The normalized spacial score (nSPS) is 31.9. The number of aliphatic hydroxyl groups is 2. The Hall–Kier alpha value is -0.160. The van der Waals surface area contributed by atoms with Crippen LogP contribution < -0.4 is 10.6 Å². The van der Waals surface area contributed by atoms with Crippen molar-refractivity contribution in [3.63, 3.8) is 0 Å². The Kier molecular flexibility index (Phi) is 8.75. The van der Waals surface area contributed by atoms with Crippen LogP contribution in [-0.4, -0.2) is 49.6 Å². The number of unbranched alkanes of at least 4 members (excludes halogenated alkanes) is 1. The Morgan fingerprint density at radius 2 is 1.05 bits per heavy atom. The Labute approximate surface area is 136 Å². The molecule has 0 heterocycles. The monoisotopic (exact) mass is 312 g/mol. The first-order valence-electron chi connectivity index (χ1n) is 9.48. The van der Waals surface area contributed by atoms with Gasteiger partial charge in [0.2, 0.25) is 0 Å². The molecule has 2 rings (SSSR count). The molecule has 0 aliphatic heterocycles. The van der Waals surface area contributed by atoms with E-state index in [2.05, 4.69) is 10.6 Å². The third-order valence-corrected chi connectivity index (χ3v) is 5.87. The van der Waals surface area contributed by atoms with E-state index in [-0.39, 0.29) is 0 Å². The molecule has 0 aromatic carbocycles. The predicted molar refractivity (Wildman–Crippen MR) is 90.8 cm³/mol. The smallest absolute Gasteiger partial charge is 0.0462 e. The summed E-state index contributed by atoms with van der Waals surface area (Å²) in [4.78, 5) is 0. The summed E-state index contributed by atoms with van der Waals surface area (Å²) in [6, 6.07) is 0. The van der Waals surface area contributed by atoms with Gasteiger partial charge in [0.05, 0.1) is 0 Å². The lowest BCUT2D eigenvalue weighted by molar-refractivity contribution is 0.191. The third kappa shape index (κ3) is 5.80. The maximum atomic E-state index is 9.31. The minimum Gasteiger partial charge on any atom is -0.396 e. The van der Waals surface area contributed by atoms with Crippen LogP contribution >= 0.6 is 0 Å². The highest BCUT2D eigenvalue weighted by atomic mass is 16.3. The zero-order chi connectivity index (χ0) is 15.6.